The van der Waals surface area contributed by atoms with E-state index in [1.165, 1.54) is 43.4 Å². The van der Waals surface area contributed by atoms with Gasteiger partial charge in [0.15, 0.2) is 29.5 Å². The van der Waals surface area contributed by atoms with Gasteiger partial charge in [0.1, 0.15) is 17.3 Å². The molecule has 4 aromatic rings. The SMILES string of the molecule is CNCCn1cc(OCC(F)(F)F)c(C(=O)Nc2ccc(Oc3ccnc4cc(OC)c(OC)cc34)cc2F)n1. The summed E-state index contributed by atoms with van der Waals surface area (Å²) in [6.07, 6.45) is -1.93. The lowest BCUT2D eigenvalue weighted by Crippen LogP contribution is -2.21. The summed E-state index contributed by atoms with van der Waals surface area (Å²) in [6, 6.07) is 8.66. The van der Waals surface area contributed by atoms with E-state index in [0.717, 1.165) is 6.07 Å². The summed E-state index contributed by atoms with van der Waals surface area (Å²) in [7, 11) is 4.67. The Morgan fingerprint density at radius 1 is 1.02 bits per heavy atom. The number of ether oxygens (including phenoxy) is 4. The van der Waals surface area contributed by atoms with Crippen LogP contribution in [-0.2, 0) is 6.54 Å². The summed E-state index contributed by atoms with van der Waals surface area (Å²) >= 11 is 0. The lowest BCUT2D eigenvalue weighted by molar-refractivity contribution is -0.153. The fourth-order valence-electron chi connectivity index (χ4n) is 3.67. The van der Waals surface area contributed by atoms with Crippen molar-refractivity contribution < 1.29 is 41.3 Å². The van der Waals surface area contributed by atoms with Gasteiger partial charge in [-0.2, -0.15) is 18.3 Å². The number of hydrogen-bond donors (Lipinski definition) is 2. The van der Waals surface area contributed by atoms with Crippen LogP contribution < -0.4 is 29.6 Å². The number of rotatable bonds is 11. The van der Waals surface area contributed by atoms with E-state index in [9.17, 15) is 22.4 Å². The maximum Gasteiger partial charge on any atom is 0.422 e. The lowest BCUT2D eigenvalue weighted by Gasteiger charge is -2.13. The number of anilines is 1. The maximum atomic E-state index is 15.0. The molecule has 0 bridgehead atoms. The third-order valence-electron chi connectivity index (χ3n) is 5.55. The number of methoxy groups -OCH3 is 2. The number of fused-ring (bicyclic) bond motifs is 1. The van der Waals surface area contributed by atoms with E-state index in [0.29, 0.717) is 34.7 Å². The Hall–Kier alpha value is -4.59. The van der Waals surface area contributed by atoms with E-state index in [2.05, 4.69) is 20.7 Å². The van der Waals surface area contributed by atoms with Gasteiger partial charge < -0.3 is 29.6 Å². The second-order valence-electron chi connectivity index (χ2n) is 8.34. The summed E-state index contributed by atoms with van der Waals surface area (Å²) in [5, 5.41) is 9.77. The molecule has 0 aliphatic rings. The number of hydrogen-bond acceptors (Lipinski definition) is 8. The first-order valence-corrected chi connectivity index (χ1v) is 11.8. The standard InChI is InChI=1S/C26H25F4N5O5/c1-31-8-9-35-13-23(39-14-26(28,29)30)24(34-35)25(36)33-18-5-4-15(10-17(18)27)40-20-6-7-32-19-12-22(38-3)21(37-2)11-16(19)20/h4-7,10-13,31H,8-9,14H2,1-3H3,(H,33,36). The first-order chi connectivity index (χ1) is 19.1. The molecule has 2 aromatic heterocycles. The molecule has 40 heavy (non-hydrogen) atoms. The number of nitrogens with one attached hydrogen (secondary N) is 2. The molecule has 0 spiro atoms. The minimum Gasteiger partial charge on any atom is -0.493 e. The van der Waals surface area contributed by atoms with E-state index in [-0.39, 0.29) is 23.7 Å². The second-order valence-corrected chi connectivity index (χ2v) is 8.34. The van der Waals surface area contributed by atoms with Gasteiger partial charge in [0.2, 0.25) is 0 Å². The zero-order valence-corrected chi connectivity index (χ0v) is 21.6. The summed E-state index contributed by atoms with van der Waals surface area (Å²) in [6.45, 7) is -0.923. The molecule has 212 valence electrons. The average Bonchev–Trinajstić information content (AvgIpc) is 3.34. The van der Waals surface area contributed by atoms with Crippen molar-refractivity contribution in [3.63, 3.8) is 0 Å². The Bertz CT molecular complexity index is 1510. The number of aromatic nitrogens is 3. The van der Waals surface area contributed by atoms with Crippen molar-refractivity contribution in [2.75, 3.05) is 39.7 Å². The van der Waals surface area contributed by atoms with Gasteiger partial charge in [-0.3, -0.25) is 14.5 Å². The zero-order chi connectivity index (χ0) is 28.9. The molecule has 14 heteroatoms. The number of pyridine rings is 1. The van der Waals surface area contributed by atoms with Crippen LogP contribution in [0.15, 0.2) is 48.8 Å². The monoisotopic (exact) mass is 563 g/mol. The van der Waals surface area contributed by atoms with Crippen LogP contribution in [-0.4, -0.2) is 61.3 Å². The number of halogens is 4. The third-order valence-corrected chi connectivity index (χ3v) is 5.55. The van der Waals surface area contributed by atoms with Gasteiger partial charge in [-0.1, -0.05) is 0 Å². The number of amides is 1. The molecule has 0 radical (unpaired) electrons. The van der Waals surface area contributed by atoms with Crippen molar-refractivity contribution in [3.05, 3.63) is 60.3 Å². The Morgan fingerprint density at radius 3 is 2.45 bits per heavy atom. The number of benzene rings is 2. The zero-order valence-electron chi connectivity index (χ0n) is 21.6. The topological polar surface area (TPSA) is 109 Å². The minimum atomic E-state index is -4.62. The predicted molar refractivity (Wildman–Crippen MR) is 137 cm³/mol. The highest BCUT2D eigenvalue weighted by Crippen LogP contribution is 2.37. The molecule has 0 fully saturated rings. The van der Waals surface area contributed by atoms with Gasteiger partial charge >= 0.3 is 6.18 Å². The van der Waals surface area contributed by atoms with Gasteiger partial charge in [0, 0.05) is 30.3 Å². The van der Waals surface area contributed by atoms with Crippen LogP contribution in [0.2, 0.25) is 0 Å². The summed E-state index contributed by atoms with van der Waals surface area (Å²) < 4.78 is 75.6. The molecule has 2 N–H and O–H groups in total. The molecule has 0 aliphatic carbocycles. The Kier molecular flexibility index (Phi) is 8.58. The summed E-state index contributed by atoms with van der Waals surface area (Å²) in [5.74, 6) is -0.786. The van der Waals surface area contributed by atoms with Crippen LogP contribution >= 0.6 is 0 Å². The molecular formula is C26H25F4N5O5. The number of likely N-dealkylation sites (N-methyl/N-ethyl adjacent to an activating group) is 1. The van der Waals surface area contributed by atoms with E-state index in [1.807, 2.05) is 0 Å². The molecule has 2 heterocycles. The molecule has 0 aliphatic heterocycles. The highest BCUT2D eigenvalue weighted by Gasteiger charge is 2.30. The van der Waals surface area contributed by atoms with E-state index in [4.69, 9.17) is 18.9 Å². The Balaban J connectivity index is 1.54. The molecule has 0 saturated heterocycles. The van der Waals surface area contributed by atoms with Gasteiger partial charge in [-0.05, 0) is 31.3 Å². The van der Waals surface area contributed by atoms with Gasteiger partial charge in [0.25, 0.3) is 5.91 Å². The van der Waals surface area contributed by atoms with Crippen molar-refractivity contribution in [3.8, 4) is 28.7 Å². The quantitative estimate of drug-likeness (QED) is 0.251. The highest BCUT2D eigenvalue weighted by atomic mass is 19.4. The van der Waals surface area contributed by atoms with Crippen molar-refractivity contribution in [2.24, 2.45) is 0 Å². The lowest BCUT2D eigenvalue weighted by atomic mass is 10.2. The molecule has 0 unspecified atom stereocenters. The van der Waals surface area contributed by atoms with E-state index in [1.54, 1.807) is 25.2 Å². The van der Waals surface area contributed by atoms with Crippen molar-refractivity contribution in [1.82, 2.24) is 20.1 Å². The molecule has 2 aromatic carbocycles. The Morgan fingerprint density at radius 2 is 1.77 bits per heavy atom. The summed E-state index contributed by atoms with van der Waals surface area (Å²) in [5.41, 5.74) is -0.111. The van der Waals surface area contributed by atoms with Crippen LogP contribution in [0.5, 0.6) is 28.7 Å². The van der Waals surface area contributed by atoms with Crippen LogP contribution in [0.25, 0.3) is 10.9 Å². The first-order valence-electron chi connectivity index (χ1n) is 11.8. The van der Waals surface area contributed by atoms with Crippen LogP contribution in [0.1, 0.15) is 10.5 Å². The molecule has 0 atom stereocenters. The smallest absolute Gasteiger partial charge is 0.422 e. The normalized spacial score (nSPS) is 11.4. The fraction of sp³-hybridized carbons (Fsp3) is 0.269. The minimum absolute atomic E-state index is 0.114. The number of alkyl halides is 3. The first kappa shape index (κ1) is 28.4. The van der Waals surface area contributed by atoms with Crippen LogP contribution in [0.4, 0.5) is 23.2 Å². The molecular weight excluding hydrogens is 538 g/mol. The van der Waals surface area contributed by atoms with Crippen LogP contribution in [0, 0.1) is 5.82 Å². The number of nitrogens with zero attached hydrogens (tertiary/aromatic N) is 3. The number of carbonyl (C=O) groups excluding carboxylic acids is 1. The van der Waals surface area contributed by atoms with E-state index >= 15 is 0 Å². The Labute approximate surface area is 225 Å². The van der Waals surface area contributed by atoms with Gasteiger partial charge in [-0.15, -0.1) is 0 Å². The summed E-state index contributed by atoms with van der Waals surface area (Å²) in [4.78, 5) is 17.1. The predicted octanol–water partition coefficient (Wildman–Crippen LogP) is 4.79. The fourth-order valence-corrected chi connectivity index (χ4v) is 3.67. The number of carbonyl (C=O) groups is 1. The maximum absolute atomic E-state index is 15.0. The van der Waals surface area contributed by atoms with E-state index < -0.39 is 30.2 Å². The largest absolute Gasteiger partial charge is 0.493 e. The molecule has 10 nitrogen and oxygen atoms in total. The molecule has 0 saturated carbocycles. The van der Waals surface area contributed by atoms with Gasteiger partial charge in [-0.25, -0.2) is 4.39 Å². The van der Waals surface area contributed by atoms with Crippen molar-refractivity contribution in [2.45, 2.75) is 12.7 Å². The second kappa shape index (κ2) is 12.1. The third kappa shape index (κ3) is 6.69. The van der Waals surface area contributed by atoms with Crippen molar-refractivity contribution >= 4 is 22.5 Å². The van der Waals surface area contributed by atoms with Crippen LogP contribution in [0.3, 0.4) is 0 Å². The van der Waals surface area contributed by atoms with Crippen molar-refractivity contribution in [1.29, 1.82) is 0 Å². The molecule has 4 rings (SSSR count). The average molecular weight is 564 g/mol. The van der Waals surface area contributed by atoms with Gasteiger partial charge in [0.05, 0.1) is 38.2 Å². The highest BCUT2D eigenvalue weighted by molar-refractivity contribution is 6.04. The molecule has 1 amide bonds.